The van der Waals surface area contributed by atoms with Gasteiger partial charge in [0.05, 0.1) is 7.11 Å². The van der Waals surface area contributed by atoms with Gasteiger partial charge in [0.1, 0.15) is 24.4 Å². The van der Waals surface area contributed by atoms with Crippen LogP contribution in [-0.2, 0) is 11.4 Å². The number of aldehydes is 1. The molecule has 3 heteroatoms. The molecule has 0 saturated heterocycles. The molecule has 0 amide bonds. The van der Waals surface area contributed by atoms with Gasteiger partial charge in [-0.25, -0.2) is 0 Å². The molecular weight excluding hydrogens is 252 g/mol. The molecule has 2 rings (SSSR count). The molecule has 0 aliphatic heterocycles. The van der Waals surface area contributed by atoms with Crippen LogP contribution >= 0.6 is 0 Å². The van der Waals surface area contributed by atoms with Crippen LogP contribution in [0.4, 0.5) is 0 Å². The molecule has 0 fully saturated rings. The molecular formula is C17H16O3. The third kappa shape index (κ3) is 3.72. The van der Waals surface area contributed by atoms with E-state index < -0.39 is 0 Å². The molecule has 0 heterocycles. The highest BCUT2D eigenvalue weighted by atomic mass is 16.5. The Hall–Kier alpha value is -2.55. The topological polar surface area (TPSA) is 35.5 Å². The van der Waals surface area contributed by atoms with Crippen molar-refractivity contribution in [2.45, 2.75) is 6.61 Å². The summed E-state index contributed by atoms with van der Waals surface area (Å²) < 4.78 is 11.0. The standard InChI is InChI=1S/C17H16O3/c1-19-16-9-10-17(15(12-16)8-5-11-18)20-13-14-6-3-2-4-7-14/h2-12H,13H2,1H3/b8-5+. The van der Waals surface area contributed by atoms with Crippen molar-refractivity contribution in [2.24, 2.45) is 0 Å². The Balaban J connectivity index is 2.17. The Labute approximate surface area is 118 Å². The van der Waals surface area contributed by atoms with Gasteiger partial charge in [0, 0.05) is 5.56 Å². The van der Waals surface area contributed by atoms with Crippen molar-refractivity contribution in [3.8, 4) is 11.5 Å². The van der Waals surface area contributed by atoms with E-state index in [2.05, 4.69) is 0 Å². The van der Waals surface area contributed by atoms with E-state index in [1.165, 1.54) is 6.08 Å². The van der Waals surface area contributed by atoms with Gasteiger partial charge in [-0.3, -0.25) is 4.79 Å². The van der Waals surface area contributed by atoms with Crippen LogP contribution < -0.4 is 9.47 Å². The van der Waals surface area contributed by atoms with E-state index >= 15 is 0 Å². The minimum atomic E-state index is 0.481. The molecule has 0 atom stereocenters. The first-order chi connectivity index (χ1) is 9.83. The van der Waals surface area contributed by atoms with Gasteiger partial charge in [-0.15, -0.1) is 0 Å². The Morgan fingerprint density at radius 1 is 1.10 bits per heavy atom. The van der Waals surface area contributed by atoms with E-state index in [0.29, 0.717) is 12.4 Å². The lowest BCUT2D eigenvalue weighted by Gasteiger charge is -2.10. The number of hydrogen-bond acceptors (Lipinski definition) is 3. The van der Waals surface area contributed by atoms with Crippen LogP contribution in [0.1, 0.15) is 11.1 Å². The maximum absolute atomic E-state index is 10.5. The second-order valence-corrected chi connectivity index (χ2v) is 4.17. The molecule has 0 spiro atoms. The lowest BCUT2D eigenvalue weighted by atomic mass is 10.1. The van der Waals surface area contributed by atoms with Crippen LogP contribution in [-0.4, -0.2) is 13.4 Å². The fourth-order valence-corrected chi connectivity index (χ4v) is 1.79. The monoisotopic (exact) mass is 268 g/mol. The Morgan fingerprint density at radius 3 is 2.60 bits per heavy atom. The fraction of sp³-hybridized carbons (Fsp3) is 0.118. The highest BCUT2D eigenvalue weighted by Crippen LogP contribution is 2.26. The summed E-state index contributed by atoms with van der Waals surface area (Å²) in [4.78, 5) is 10.5. The van der Waals surface area contributed by atoms with E-state index in [9.17, 15) is 4.79 Å². The van der Waals surface area contributed by atoms with E-state index in [-0.39, 0.29) is 0 Å². The third-order valence-electron chi connectivity index (χ3n) is 2.81. The largest absolute Gasteiger partial charge is 0.497 e. The minimum Gasteiger partial charge on any atom is -0.497 e. The molecule has 20 heavy (non-hydrogen) atoms. The molecule has 102 valence electrons. The van der Waals surface area contributed by atoms with Crippen LogP contribution in [0.5, 0.6) is 11.5 Å². The van der Waals surface area contributed by atoms with Gasteiger partial charge in [-0.1, -0.05) is 30.3 Å². The van der Waals surface area contributed by atoms with Gasteiger partial charge in [-0.05, 0) is 35.9 Å². The predicted octanol–water partition coefficient (Wildman–Crippen LogP) is 3.49. The average Bonchev–Trinajstić information content (AvgIpc) is 2.52. The smallest absolute Gasteiger partial charge is 0.142 e. The van der Waals surface area contributed by atoms with Crippen molar-refractivity contribution in [1.82, 2.24) is 0 Å². The molecule has 0 aliphatic carbocycles. The second kappa shape index (κ2) is 7.14. The van der Waals surface area contributed by atoms with Crippen LogP contribution in [0.2, 0.25) is 0 Å². The first-order valence-corrected chi connectivity index (χ1v) is 6.30. The lowest BCUT2D eigenvalue weighted by Crippen LogP contribution is -1.97. The first kappa shape index (κ1) is 13.9. The van der Waals surface area contributed by atoms with Crippen LogP contribution in [0, 0.1) is 0 Å². The highest BCUT2D eigenvalue weighted by Gasteiger charge is 2.03. The number of methoxy groups -OCH3 is 1. The summed E-state index contributed by atoms with van der Waals surface area (Å²) in [5.41, 5.74) is 1.90. The van der Waals surface area contributed by atoms with Crippen LogP contribution in [0.3, 0.4) is 0 Å². The number of carbonyl (C=O) groups is 1. The van der Waals surface area contributed by atoms with E-state index in [4.69, 9.17) is 9.47 Å². The molecule has 0 bridgehead atoms. The molecule has 0 radical (unpaired) electrons. The quantitative estimate of drug-likeness (QED) is 0.594. The Bertz CT molecular complexity index is 588. The minimum absolute atomic E-state index is 0.481. The van der Waals surface area contributed by atoms with E-state index in [0.717, 1.165) is 23.2 Å². The maximum atomic E-state index is 10.5. The summed E-state index contributed by atoms with van der Waals surface area (Å²) in [5.74, 6) is 1.44. The predicted molar refractivity (Wildman–Crippen MR) is 78.9 cm³/mol. The molecule has 3 nitrogen and oxygen atoms in total. The van der Waals surface area contributed by atoms with E-state index in [1.54, 1.807) is 13.2 Å². The third-order valence-corrected chi connectivity index (χ3v) is 2.81. The normalized spacial score (nSPS) is 10.4. The second-order valence-electron chi connectivity index (χ2n) is 4.17. The molecule has 0 aromatic heterocycles. The highest BCUT2D eigenvalue weighted by molar-refractivity contribution is 5.75. The zero-order valence-electron chi connectivity index (χ0n) is 11.3. The van der Waals surface area contributed by atoms with Crippen molar-refractivity contribution in [3.05, 3.63) is 65.7 Å². The van der Waals surface area contributed by atoms with Gasteiger partial charge in [0.2, 0.25) is 0 Å². The van der Waals surface area contributed by atoms with Gasteiger partial charge in [-0.2, -0.15) is 0 Å². The summed E-state index contributed by atoms with van der Waals surface area (Å²) in [7, 11) is 1.60. The van der Waals surface area contributed by atoms with Crippen molar-refractivity contribution in [1.29, 1.82) is 0 Å². The average molecular weight is 268 g/mol. The number of hydrogen-bond donors (Lipinski definition) is 0. The summed E-state index contributed by atoms with van der Waals surface area (Å²) in [6.07, 6.45) is 3.88. The summed E-state index contributed by atoms with van der Waals surface area (Å²) in [5, 5.41) is 0. The lowest BCUT2D eigenvalue weighted by molar-refractivity contribution is -0.104. The molecule has 2 aromatic rings. The molecule has 2 aromatic carbocycles. The molecule has 0 unspecified atom stereocenters. The number of rotatable bonds is 6. The van der Waals surface area contributed by atoms with Gasteiger partial charge in [0.25, 0.3) is 0 Å². The van der Waals surface area contributed by atoms with Crippen LogP contribution in [0.25, 0.3) is 6.08 Å². The summed E-state index contributed by atoms with van der Waals surface area (Å²) in [6.45, 7) is 0.481. The zero-order chi connectivity index (χ0) is 14.2. The Kier molecular flexibility index (Phi) is 4.95. The van der Waals surface area contributed by atoms with Crippen molar-refractivity contribution in [3.63, 3.8) is 0 Å². The van der Waals surface area contributed by atoms with Gasteiger partial charge in [0.15, 0.2) is 0 Å². The number of carbonyl (C=O) groups excluding carboxylic acids is 1. The van der Waals surface area contributed by atoms with Crippen molar-refractivity contribution >= 4 is 12.4 Å². The fourth-order valence-electron chi connectivity index (χ4n) is 1.79. The number of allylic oxidation sites excluding steroid dienone is 1. The van der Waals surface area contributed by atoms with Crippen LogP contribution in [0.15, 0.2) is 54.6 Å². The Morgan fingerprint density at radius 2 is 1.90 bits per heavy atom. The molecule has 0 aliphatic rings. The van der Waals surface area contributed by atoms with Crippen molar-refractivity contribution in [2.75, 3.05) is 7.11 Å². The number of ether oxygens (including phenoxy) is 2. The summed E-state index contributed by atoms with van der Waals surface area (Å²) >= 11 is 0. The first-order valence-electron chi connectivity index (χ1n) is 6.30. The van der Waals surface area contributed by atoms with Crippen molar-refractivity contribution < 1.29 is 14.3 Å². The van der Waals surface area contributed by atoms with Gasteiger partial charge < -0.3 is 9.47 Å². The molecule has 0 saturated carbocycles. The zero-order valence-corrected chi connectivity index (χ0v) is 11.3. The maximum Gasteiger partial charge on any atom is 0.142 e. The number of benzene rings is 2. The van der Waals surface area contributed by atoms with E-state index in [1.807, 2.05) is 48.5 Å². The summed E-state index contributed by atoms with van der Waals surface area (Å²) in [6, 6.07) is 15.4. The van der Waals surface area contributed by atoms with Gasteiger partial charge >= 0.3 is 0 Å². The SMILES string of the molecule is COc1ccc(OCc2ccccc2)c(/C=C/C=O)c1. The molecule has 0 N–H and O–H groups in total.